The summed E-state index contributed by atoms with van der Waals surface area (Å²) in [6.07, 6.45) is 1.03. The number of rotatable bonds is 11. The Labute approximate surface area is 117 Å². The van der Waals surface area contributed by atoms with Crippen LogP contribution in [0, 0.1) is 0 Å². The zero-order valence-electron chi connectivity index (χ0n) is 11.3. The van der Waals surface area contributed by atoms with Crippen molar-refractivity contribution in [1.29, 1.82) is 0 Å². The molecule has 108 valence electrons. The van der Waals surface area contributed by atoms with Crippen LogP contribution < -0.4 is 0 Å². The molecule has 5 nitrogen and oxygen atoms in total. The minimum absolute atomic E-state index is 0.0253. The van der Waals surface area contributed by atoms with Gasteiger partial charge in [0.05, 0.1) is 33.0 Å². The summed E-state index contributed by atoms with van der Waals surface area (Å²) in [5, 5.41) is 0. The first kappa shape index (κ1) is 17.8. The van der Waals surface area contributed by atoms with Crippen LogP contribution in [0.2, 0.25) is 0 Å². The van der Waals surface area contributed by atoms with Crippen molar-refractivity contribution in [3.8, 4) is 0 Å². The number of ether oxygens (including phenoxy) is 4. The highest BCUT2D eigenvalue weighted by molar-refractivity contribution is 9.09. The SMILES string of the molecule is COC(=O)COCCOCC[C@H](C)OC[C@@H](C)Br. The number of carbonyl (C=O) groups is 1. The van der Waals surface area contributed by atoms with Gasteiger partial charge in [-0.15, -0.1) is 0 Å². The molecule has 0 radical (unpaired) electrons. The highest BCUT2D eigenvalue weighted by Gasteiger charge is 2.04. The average molecular weight is 327 g/mol. The Morgan fingerprint density at radius 3 is 2.44 bits per heavy atom. The molecule has 0 heterocycles. The van der Waals surface area contributed by atoms with Crippen molar-refractivity contribution >= 4 is 21.9 Å². The molecule has 0 aliphatic heterocycles. The van der Waals surface area contributed by atoms with Gasteiger partial charge in [0, 0.05) is 11.4 Å². The zero-order valence-corrected chi connectivity index (χ0v) is 12.9. The van der Waals surface area contributed by atoms with E-state index in [1.807, 2.05) is 13.8 Å². The van der Waals surface area contributed by atoms with E-state index < -0.39 is 0 Å². The predicted octanol–water partition coefficient (Wildman–Crippen LogP) is 1.77. The Hall–Kier alpha value is -0.170. The van der Waals surface area contributed by atoms with Crippen molar-refractivity contribution in [3.63, 3.8) is 0 Å². The fourth-order valence-electron chi connectivity index (χ4n) is 1.06. The number of hydrogen-bond acceptors (Lipinski definition) is 5. The average Bonchev–Trinajstić information content (AvgIpc) is 2.34. The van der Waals surface area contributed by atoms with Crippen LogP contribution in [-0.4, -0.2) is 57.0 Å². The lowest BCUT2D eigenvalue weighted by molar-refractivity contribution is -0.146. The van der Waals surface area contributed by atoms with Gasteiger partial charge >= 0.3 is 5.97 Å². The quantitative estimate of drug-likeness (QED) is 0.329. The molecule has 0 N–H and O–H groups in total. The van der Waals surface area contributed by atoms with Crippen molar-refractivity contribution < 1.29 is 23.7 Å². The second-order valence-electron chi connectivity index (χ2n) is 3.95. The normalized spacial score (nSPS) is 14.2. The summed E-state index contributed by atoms with van der Waals surface area (Å²) in [7, 11) is 1.33. The maximum absolute atomic E-state index is 10.7. The van der Waals surface area contributed by atoms with Crippen LogP contribution in [-0.2, 0) is 23.7 Å². The maximum Gasteiger partial charge on any atom is 0.331 e. The third-order valence-corrected chi connectivity index (χ3v) is 2.36. The van der Waals surface area contributed by atoms with Gasteiger partial charge in [0.25, 0.3) is 0 Å². The van der Waals surface area contributed by atoms with E-state index in [9.17, 15) is 4.79 Å². The molecule has 0 saturated heterocycles. The van der Waals surface area contributed by atoms with Crippen LogP contribution >= 0.6 is 15.9 Å². The highest BCUT2D eigenvalue weighted by Crippen LogP contribution is 2.03. The van der Waals surface area contributed by atoms with Gasteiger partial charge in [-0.25, -0.2) is 4.79 Å². The van der Waals surface area contributed by atoms with Crippen LogP contribution in [0.3, 0.4) is 0 Å². The molecule has 0 amide bonds. The van der Waals surface area contributed by atoms with E-state index in [1.54, 1.807) is 0 Å². The van der Waals surface area contributed by atoms with Gasteiger partial charge in [0.1, 0.15) is 6.61 Å². The zero-order chi connectivity index (χ0) is 13.8. The molecular weight excluding hydrogens is 304 g/mol. The van der Waals surface area contributed by atoms with Crippen molar-refractivity contribution in [2.24, 2.45) is 0 Å². The van der Waals surface area contributed by atoms with Gasteiger partial charge in [0.15, 0.2) is 0 Å². The summed E-state index contributed by atoms with van der Waals surface area (Å²) in [5.74, 6) is -0.374. The third-order valence-electron chi connectivity index (χ3n) is 2.10. The van der Waals surface area contributed by atoms with Gasteiger partial charge in [-0.1, -0.05) is 22.9 Å². The van der Waals surface area contributed by atoms with E-state index in [2.05, 4.69) is 20.7 Å². The summed E-state index contributed by atoms with van der Waals surface area (Å²) < 4.78 is 20.4. The Bertz CT molecular complexity index is 211. The van der Waals surface area contributed by atoms with E-state index in [0.29, 0.717) is 31.3 Å². The summed E-state index contributed by atoms with van der Waals surface area (Å²) in [6.45, 7) is 6.22. The molecule has 0 fully saturated rings. The molecule has 0 aliphatic rings. The van der Waals surface area contributed by atoms with Crippen molar-refractivity contribution in [2.45, 2.75) is 31.2 Å². The number of methoxy groups -OCH3 is 1. The van der Waals surface area contributed by atoms with Crippen LogP contribution in [0.5, 0.6) is 0 Å². The molecule has 0 aliphatic carbocycles. The molecule has 0 saturated carbocycles. The summed E-state index contributed by atoms with van der Waals surface area (Å²) >= 11 is 3.42. The minimum atomic E-state index is -0.374. The van der Waals surface area contributed by atoms with Crippen LogP contribution in [0.15, 0.2) is 0 Å². The molecule has 0 aromatic heterocycles. The fourth-order valence-corrected chi connectivity index (χ4v) is 1.22. The number of carbonyl (C=O) groups excluding carboxylic acids is 1. The molecule has 0 unspecified atom stereocenters. The first-order valence-electron chi connectivity index (χ1n) is 6.04. The van der Waals surface area contributed by atoms with Crippen molar-refractivity contribution in [2.75, 3.05) is 40.1 Å². The Morgan fingerprint density at radius 1 is 1.17 bits per heavy atom. The molecule has 0 bridgehead atoms. The lowest BCUT2D eigenvalue weighted by Gasteiger charge is -2.14. The second-order valence-corrected chi connectivity index (χ2v) is 5.52. The van der Waals surface area contributed by atoms with Gasteiger partial charge in [-0.3, -0.25) is 0 Å². The van der Waals surface area contributed by atoms with Gasteiger partial charge in [-0.2, -0.15) is 0 Å². The minimum Gasteiger partial charge on any atom is -0.467 e. The molecule has 0 aromatic rings. The topological polar surface area (TPSA) is 54.0 Å². The van der Waals surface area contributed by atoms with Crippen LogP contribution in [0.1, 0.15) is 20.3 Å². The molecule has 18 heavy (non-hydrogen) atoms. The summed E-state index contributed by atoms with van der Waals surface area (Å²) in [5.41, 5.74) is 0. The largest absolute Gasteiger partial charge is 0.467 e. The van der Waals surface area contributed by atoms with Gasteiger partial charge < -0.3 is 18.9 Å². The Kier molecular flexibility index (Phi) is 11.8. The first-order chi connectivity index (χ1) is 8.56. The number of alkyl halides is 1. The lowest BCUT2D eigenvalue weighted by Crippen LogP contribution is -2.17. The smallest absolute Gasteiger partial charge is 0.331 e. The summed E-state index contributed by atoms with van der Waals surface area (Å²) in [4.78, 5) is 11.1. The maximum atomic E-state index is 10.7. The van der Waals surface area contributed by atoms with E-state index >= 15 is 0 Å². The molecule has 0 rings (SSSR count). The predicted molar refractivity (Wildman–Crippen MR) is 72.1 cm³/mol. The summed E-state index contributed by atoms with van der Waals surface area (Å²) in [6, 6.07) is 0. The lowest BCUT2D eigenvalue weighted by atomic mass is 10.3. The van der Waals surface area contributed by atoms with Crippen LogP contribution in [0.25, 0.3) is 0 Å². The first-order valence-corrected chi connectivity index (χ1v) is 6.95. The van der Waals surface area contributed by atoms with Gasteiger partial charge in [-0.05, 0) is 13.3 Å². The molecular formula is C12H23BrO5. The highest BCUT2D eigenvalue weighted by atomic mass is 79.9. The fraction of sp³-hybridized carbons (Fsp3) is 0.917. The third kappa shape index (κ3) is 12.3. The Balaban J connectivity index is 3.22. The second kappa shape index (κ2) is 11.9. The van der Waals surface area contributed by atoms with Crippen LogP contribution in [0.4, 0.5) is 0 Å². The molecule has 2 atom stereocenters. The number of hydrogen-bond donors (Lipinski definition) is 0. The standard InChI is InChI=1S/C12H23BrO5/c1-10(13)8-18-11(2)4-5-16-6-7-17-9-12(14)15-3/h10-11H,4-9H2,1-3H3/t10-,11+/m1/s1. The van der Waals surface area contributed by atoms with E-state index in [-0.39, 0.29) is 18.7 Å². The molecule has 0 aromatic carbocycles. The van der Waals surface area contributed by atoms with E-state index in [0.717, 1.165) is 6.42 Å². The molecule has 0 spiro atoms. The molecule has 6 heteroatoms. The monoisotopic (exact) mass is 326 g/mol. The number of esters is 1. The Morgan fingerprint density at radius 2 is 1.83 bits per heavy atom. The van der Waals surface area contributed by atoms with E-state index in [4.69, 9.17) is 14.2 Å². The van der Waals surface area contributed by atoms with Crippen molar-refractivity contribution in [3.05, 3.63) is 0 Å². The van der Waals surface area contributed by atoms with Gasteiger partial charge in [0.2, 0.25) is 0 Å². The van der Waals surface area contributed by atoms with E-state index in [1.165, 1.54) is 7.11 Å². The number of halogens is 1. The van der Waals surface area contributed by atoms with Crippen molar-refractivity contribution in [1.82, 2.24) is 0 Å².